The minimum atomic E-state index is -0.592. The van der Waals surface area contributed by atoms with Crippen LogP contribution in [-0.2, 0) is 17.8 Å². The van der Waals surface area contributed by atoms with Crippen LogP contribution >= 0.6 is 11.3 Å². The highest BCUT2D eigenvalue weighted by molar-refractivity contribution is 7.09. The number of aliphatic hydroxyl groups excluding tert-OH is 1. The average molecular weight is 323 g/mol. The maximum atomic E-state index is 11.9. The summed E-state index contributed by atoms with van der Waals surface area (Å²) >= 11 is 1.24. The Morgan fingerprint density at radius 3 is 2.91 bits per heavy atom. The topological polar surface area (TPSA) is 115 Å². The standard InChI is InChI=1S/C13H13N3O5S/c1-21-9-2-3-10(11(4-9)16(19)20)15-12(18)5-13-14-8(6-17)7-22-13/h2-4,7,17H,5-6H2,1H3,(H,15,18). The fourth-order valence-corrected chi connectivity index (χ4v) is 2.51. The number of amides is 1. The van der Waals surface area contributed by atoms with E-state index in [-0.39, 0.29) is 24.4 Å². The van der Waals surface area contributed by atoms with Gasteiger partial charge in [0.25, 0.3) is 5.69 Å². The van der Waals surface area contributed by atoms with Crippen molar-refractivity contribution in [1.29, 1.82) is 0 Å². The van der Waals surface area contributed by atoms with Gasteiger partial charge in [0.05, 0.1) is 36.8 Å². The smallest absolute Gasteiger partial charge is 0.296 e. The maximum absolute atomic E-state index is 11.9. The van der Waals surface area contributed by atoms with E-state index in [0.717, 1.165) is 0 Å². The molecule has 22 heavy (non-hydrogen) atoms. The number of nitrogens with one attached hydrogen (secondary N) is 1. The van der Waals surface area contributed by atoms with Crippen LogP contribution in [0.1, 0.15) is 10.7 Å². The summed E-state index contributed by atoms with van der Waals surface area (Å²) in [5.74, 6) is -0.0932. The van der Waals surface area contributed by atoms with Crippen LogP contribution in [0.4, 0.5) is 11.4 Å². The third kappa shape index (κ3) is 3.77. The molecule has 2 rings (SSSR count). The second-order valence-electron chi connectivity index (χ2n) is 4.26. The van der Waals surface area contributed by atoms with Crippen LogP contribution in [0.3, 0.4) is 0 Å². The Labute approximate surface area is 129 Å². The highest BCUT2D eigenvalue weighted by Crippen LogP contribution is 2.29. The minimum Gasteiger partial charge on any atom is -0.496 e. The predicted octanol–water partition coefficient (Wildman–Crippen LogP) is 1.73. The van der Waals surface area contributed by atoms with Gasteiger partial charge in [-0.3, -0.25) is 14.9 Å². The van der Waals surface area contributed by atoms with Gasteiger partial charge in [0.1, 0.15) is 16.4 Å². The molecule has 0 aliphatic carbocycles. The molecule has 1 aromatic heterocycles. The number of nitro benzene ring substituents is 1. The molecule has 0 unspecified atom stereocenters. The molecule has 0 fully saturated rings. The van der Waals surface area contributed by atoms with Crippen LogP contribution in [0.5, 0.6) is 5.75 Å². The molecule has 1 heterocycles. The van der Waals surface area contributed by atoms with Crippen molar-refractivity contribution in [3.05, 3.63) is 44.4 Å². The third-order valence-corrected chi connectivity index (χ3v) is 3.65. The van der Waals surface area contributed by atoms with E-state index in [1.165, 1.54) is 36.6 Å². The van der Waals surface area contributed by atoms with E-state index >= 15 is 0 Å². The molecular weight excluding hydrogens is 310 g/mol. The third-order valence-electron chi connectivity index (χ3n) is 2.75. The lowest BCUT2D eigenvalue weighted by Gasteiger charge is -2.06. The molecule has 0 bridgehead atoms. The highest BCUT2D eigenvalue weighted by atomic mass is 32.1. The van der Waals surface area contributed by atoms with Gasteiger partial charge in [0, 0.05) is 5.38 Å². The second kappa shape index (κ2) is 6.96. The molecular formula is C13H13N3O5S. The van der Waals surface area contributed by atoms with Crippen LogP contribution < -0.4 is 10.1 Å². The molecule has 0 radical (unpaired) electrons. The van der Waals surface area contributed by atoms with Crippen molar-refractivity contribution in [2.24, 2.45) is 0 Å². The predicted molar refractivity (Wildman–Crippen MR) is 80.0 cm³/mol. The van der Waals surface area contributed by atoms with Crippen molar-refractivity contribution in [3.8, 4) is 5.75 Å². The molecule has 0 saturated carbocycles. The molecule has 0 saturated heterocycles. The Kier molecular flexibility index (Phi) is 5.02. The first-order valence-corrected chi connectivity index (χ1v) is 7.08. The number of nitro groups is 1. The quantitative estimate of drug-likeness (QED) is 0.618. The van der Waals surface area contributed by atoms with E-state index in [1.807, 2.05) is 0 Å². The zero-order valence-corrected chi connectivity index (χ0v) is 12.4. The SMILES string of the molecule is COc1ccc(NC(=O)Cc2nc(CO)cs2)c([N+](=O)[O-])c1. The summed E-state index contributed by atoms with van der Waals surface area (Å²) in [6.45, 7) is -0.192. The number of ether oxygens (including phenoxy) is 1. The molecule has 0 aliphatic heterocycles. The van der Waals surface area contributed by atoms with Gasteiger partial charge in [-0.05, 0) is 12.1 Å². The van der Waals surface area contributed by atoms with E-state index in [0.29, 0.717) is 16.5 Å². The van der Waals surface area contributed by atoms with Gasteiger partial charge in [-0.1, -0.05) is 0 Å². The first kappa shape index (κ1) is 15.9. The molecule has 2 aromatic rings. The minimum absolute atomic E-state index is 0.0200. The number of nitrogens with zero attached hydrogens (tertiary/aromatic N) is 2. The van der Waals surface area contributed by atoms with E-state index in [2.05, 4.69) is 10.3 Å². The Hall–Kier alpha value is -2.52. The van der Waals surface area contributed by atoms with Crippen LogP contribution in [0.2, 0.25) is 0 Å². The molecule has 2 N–H and O–H groups in total. The number of carbonyl (C=O) groups is 1. The Balaban J connectivity index is 2.12. The van der Waals surface area contributed by atoms with E-state index < -0.39 is 10.8 Å². The van der Waals surface area contributed by atoms with E-state index in [1.54, 1.807) is 5.38 Å². The number of hydrogen-bond donors (Lipinski definition) is 2. The summed E-state index contributed by atoms with van der Waals surface area (Å²) in [6.07, 6.45) is -0.0200. The van der Waals surface area contributed by atoms with Gasteiger partial charge in [-0.2, -0.15) is 0 Å². The normalized spacial score (nSPS) is 10.3. The zero-order valence-electron chi connectivity index (χ0n) is 11.6. The van der Waals surface area contributed by atoms with Crippen molar-refractivity contribution in [1.82, 2.24) is 4.98 Å². The van der Waals surface area contributed by atoms with Crippen LogP contribution in [0.15, 0.2) is 23.6 Å². The van der Waals surface area contributed by atoms with E-state index in [9.17, 15) is 14.9 Å². The number of hydrogen-bond acceptors (Lipinski definition) is 7. The molecule has 0 atom stereocenters. The lowest BCUT2D eigenvalue weighted by molar-refractivity contribution is -0.384. The number of aromatic nitrogens is 1. The van der Waals surface area contributed by atoms with Gasteiger partial charge in [-0.25, -0.2) is 4.98 Å². The molecule has 1 aromatic carbocycles. The van der Waals surface area contributed by atoms with Crippen molar-refractivity contribution < 1.29 is 19.6 Å². The zero-order chi connectivity index (χ0) is 16.1. The lowest BCUT2D eigenvalue weighted by Crippen LogP contribution is -2.15. The molecule has 0 aliphatic rings. The monoisotopic (exact) mass is 323 g/mol. The van der Waals surface area contributed by atoms with Crippen molar-refractivity contribution >= 4 is 28.6 Å². The summed E-state index contributed by atoms with van der Waals surface area (Å²) < 4.78 is 4.93. The summed E-state index contributed by atoms with van der Waals surface area (Å²) in [6, 6.07) is 4.18. The van der Waals surface area contributed by atoms with Crippen molar-refractivity contribution in [2.75, 3.05) is 12.4 Å². The highest BCUT2D eigenvalue weighted by Gasteiger charge is 2.18. The van der Waals surface area contributed by atoms with Crippen LogP contribution in [-0.4, -0.2) is 28.0 Å². The van der Waals surface area contributed by atoms with Gasteiger partial charge in [0.15, 0.2) is 0 Å². The van der Waals surface area contributed by atoms with Gasteiger partial charge in [0.2, 0.25) is 5.91 Å². The molecule has 1 amide bonds. The van der Waals surface area contributed by atoms with E-state index in [4.69, 9.17) is 9.84 Å². The van der Waals surface area contributed by atoms with Gasteiger partial charge < -0.3 is 15.2 Å². The lowest BCUT2D eigenvalue weighted by atomic mass is 10.2. The fraction of sp³-hybridized carbons (Fsp3) is 0.231. The Morgan fingerprint density at radius 1 is 1.55 bits per heavy atom. The number of aliphatic hydroxyl groups is 1. The van der Waals surface area contributed by atoms with Crippen molar-refractivity contribution in [2.45, 2.75) is 13.0 Å². The number of anilines is 1. The maximum Gasteiger partial charge on any atom is 0.296 e. The summed E-state index contributed by atoms with van der Waals surface area (Å²) in [7, 11) is 1.40. The van der Waals surface area contributed by atoms with Gasteiger partial charge in [-0.15, -0.1) is 11.3 Å². The number of thiazole rings is 1. The van der Waals surface area contributed by atoms with Crippen LogP contribution in [0, 0.1) is 10.1 Å². The number of carbonyl (C=O) groups excluding carboxylic acids is 1. The summed E-state index contributed by atoms with van der Waals surface area (Å²) in [4.78, 5) is 26.4. The Bertz CT molecular complexity index is 701. The van der Waals surface area contributed by atoms with Gasteiger partial charge >= 0.3 is 0 Å². The fourth-order valence-electron chi connectivity index (χ4n) is 1.73. The number of methoxy groups -OCH3 is 1. The Morgan fingerprint density at radius 2 is 2.32 bits per heavy atom. The first-order chi connectivity index (χ1) is 10.5. The largest absolute Gasteiger partial charge is 0.496 e. The molecule has 0 spiro atoms. The van der Waals surface area contributed by atoms with Crippen molar-refractivity contribution in [3.63, 3.8) is 0 Å². The molecule has 116 valence electrons. The summed E-state index contributed by atoms with van der Waals surface area (Å²) in [5.41, 5.74) is 0.334. The molecule has 8 nitrogen and oxygen atoms in total. The first-order valence-electron chi connectivity index (χ1n) is 6.20. The van der Waals surface area contributed by atoms with Crippen LogP contribution in [0.25, 0.3) is 0 Å². The average Bonchev–Trinajstić information content (AvgIpc) is 2.94. The molecule has 9 heteroatoms. The summed E-state index contributed by atoms with van der Waals surface area (Å²) in [5, 5.41) is 24.6. The number of benzene rings is 1. The second-order valence-corrected chi connectivity index (χ2v) is 5.20. The number of rotatable bonds is 6.